The van der Waals surface area contributed by atoms with Crippen LogP contribution in [-0.2, 0) is 4.79 Å². The smallest absolute Gasteiger partial charge is 0.260 e. The molecule has 4 nitrogen and oxygen atoms in total. The van der Waals surface area contributed by atoms with E-state index in [2.05, 4.69) is 5.32 Å². The van der Waals surface area contributed by atoms with Crippen LogP contribution in [0.25, 0.3) is 0 Å². The molecule has 0 aliphatic carbocycles. The van der Waals surface area contributed by atoms with Gasteiger partial charge in [-0.05, 0) is 39.8 Å². The zero-order chi connectivity index (χ0) is 13.8. The summed E-state index contributed by atoms with van der Waals surface area (Å²) in [6.45, 7) is 7.87. The van der Waals surface area contributed by atoms with Crippen LogP contribution in [0, 0.1) is 6.92 Å². The number of ether oxygens (including phenoxy) is 1. The minimum absolute atomic E-state index is 0. The van der Waals surface area contributed by atoms with Crippen molar-refractivity contribution in [1.82, 2.24) is 5.32 Å². The van der Waals surface area contributed by atoms with Crippen LogP contribution in [0.2, 0.25) is 0 Å². The van der Waals surface area contributed by atoms with Gasteiger partial charge in [0, 0.05) is 12.1 Å². The number of hydrogen-bond donors (Lipinski definition) is 2. The van der Waals surface area contributed by atoms with E-state index in [-0.39, 0.29) is 18.3 Å². The number of carbonyl (C=O) groups is 1. The monoisotopic (exact) mass is 286 g/mol. The quantitative estimate of drug-likeness (QED) is 0.871. The van der Waals surface area contributed by atoms with Crippen molar-refractivity contribution in [2.75, 3.05) is 6.54 Å². The maximum absolute atomic E-state index is 11.8. The lowest BCUT2D eigenvalue weighted by Gasteiger charge is -2.21. The van der Waals surface area contributed by atoms with Crippen molar-refractivity contribution in [3.8, 4) is 5.75 Å². The van der Waals surface area contributed by atoms with Gasteiger partial charge in [-0.1, -0.05) is 17.7 Å². The SMILES string of the molecule is Cc1ccc(OC(C)C(=O)NCC(C)(C)N)cc1.Cl. The van der Waals surface area contributed by atoms with Crippen molar-refractivity contribution in [1.29, 1.82) is 0 Å². The lowest BCUT2D eigenvalue weighted by atomic mass is 10.1. The Morgan fingerprint density at radius 1 is 1.37 bits per heavy atom. The summed E-state index contributed by atoms with van der Waals surface area (Å²) in [7, 11) is 0. The van der Waals surface area contributed by atoms with Crippen LogP contribution in [0.15, 0.2) is 24.3 Å². The highest BCUT2D eigenvalue weighted by Crippen LogP contribution is 2.13. The maximum atomic E-state index is 11.8. The van der Waals surface area contributed by atoms with Gasteiger partial charge in [-0.3, -0.25) is 4.79 Å². The highest BCUT2D eigenvalue weighted by Gasteiger charge is 2.17. The summed E-state index contributed by atoms with van der Waals surface area (Å²) in [4.78, 5) is 11.8. The molecule has 0 aliphatic rings. The lowest BCUT2D eigenvalue weighted by Crippen LogP contribution is -2.48. The van der Waals surface area contributed by atoms with Crippen LogP contribution in [-0.4, -0.2) is 24.1 Å². The molecule has 1 aromatic carbocycles. The van der Waals surface area contributed by atoms with Crippen molar-refractivity contribution in [2.45, 2.75) is 39.3 Å². The fraction of sp³-hybridized carbons (Fsp3) is 0.500. The minimum Gasteiger partial charge on any atom is -0.481 e. The Bertz CT molecular complexity index is 399. The first-order valence-electron chi connectivity index (χ1n) is 6.08. The second-order valence-corrected chi connectivity index (χ2v) is 5.28. The number of benzene rings is 1. The molecule has 1 amide bonds. The third-order valence-corrected chi connectivity index (χ3v) is 2.42. The van der Waals surface area contributed by atoms with Crippen LogP contribution < -0.4 is 15.8 Å². The van der Waals surface area contributed by atoms with Crippen LogP contribution >= 0.6 is 12.4 Å². The molecule has 0 bridgehead atoms. The molecule has 1 rings (SSSR count). The summed E-state index contributed by atoms with van der Waals surface area (Å²) in [6, 6.07) is 7.60. The predicted octanol–water partition coefficient (Wildman–Crippen LogP) is 2.04. The Hall–Kier alpha value is -1.26. The van der Waals surface area contributed by atoms with Crippen molar-refractivity contribution < 1.29 is 9.53 Å². The van der Waals surface area contributed by atoms with Gasteiger partial charge in [0.15, 0.2) is 6.10 Å². The summed E-state index contributed by atoms with van der Waals surface area (Å²) in [5.41, 5.74) is 6.54. The van der Waals surface area contributed by atoms with Crippen LogP contribution in [0.1, 0.15) is 26.3 Å². The summed E-state index contributed by atoms with van der Waals surface area (Å²) in [6.07, 6.45) is -0.532. The van der Waals surface area contributed by atoms with Gasteiger partial charge >= 0.3 is 0 Å². The van der Waals surface area contributed by atoms with Gasteiger partial charge < -0.3 is 15.8 Å². The van der Waals surface area contributed by atoms with Gasteiger partial charge in [-0.15, -0.1) is 12.4 Å². The zero-order valence-electron chi connectivity index (χ0n) is 11.9. The number of carbonyl (C=O) groups excluding carboxylic acids is 1. The first kappa shape index (κ1) is 17.7. The number of aryl methyl sites for hydroxylation is 1. The van der Waals surface area contributed by atoms with Gasteiger partial charge in [-0.25, -0.2) is 0 Å². The molecule has 0 radical (unpaired) electrons. The second kappa shape index (κ2) is 7.36. The Morgan fingerprint density at radius 2 is 1.89 bits per heavy atom. The van der Waals surface area contributed by atoms with E-state index in [1.54, 1.807) is 6.92 Å². The summed E-state index contributed by atoms with van der Waals surface area (Å²) in [5, 5.41) is 2.77. The molecule has 108 valence electrons. The molecule has 1 aromatic rings. The number of nitrogens with two attached hydrogens (primary N) is 1. The third-order valence-electron chi connectivity index (χ3n) is 2.42. The molecule has 1 unspecified atom stereocenters. The zero-order valence-corrected chi connectivity index (χ0v) is 12.7. The fourth-order valence-corrected chi connectivity index (χ4v) is 1.33. The van der Waals surface area contributed by atoms with E-state index in [1.807, 2.05) is 45.0 Å². The van der Waals surface area contributed by atoms with E-state index in [9.17, 15) is 4.79 Å². The third kappa shape index (κ3) is 7.03. The Kier molecular flexibility index (Phi) is 6.87. The number of amides is 1. The molecular weight excluding hydrogens is 264 g/mol. The first-order chi connectivity index (χ1) is 8.28. The van der Waals surface area contributed by atoms with E-state index in [0.717, 1.165) is 5.56 Å². The van der Waals surface area contributed by atoms with Gasteiger partial charge in [0.25, 0.3) is 5.91 Å². The van der Waals surface area contributed by atoms with Gasteiger partial charge in [0.2, 0.25) is 0 Å². The van der Waals surface area contributed by atoms with E-state index in [4.69, 9.17) is 10.5 Å². The molecule has 0 aliphatic heterocycles. The Labute approximate surface area is 121 Å². The number of nitrogens with one attached hydrogen (secondary N) is 1. The average molecular weight is 287 g/mol. The van der Waals surface area contributed by atoms with Crippen molar-refractivity contribution >= 4 is 18.3 Å². The van der Waals surface area contributed by atoms with Crippen molar-refractivity contribution in [3.63, 3.8) is 0 Å². The lowest BCUT2D eigenvalue weighted by molar-refractivity contribution is -0.127. The molecule has 19 heavy (non-hydrogen) atoms. The predicted molar refractivity (Wildman–Crippen MR) is 79.8 cm³/mol. The number of halogens is 1. The molecule has 3 N–H and O–H groups in total. The molecule has 5 heteroatoms. The molecule has 0 spiro atoms. The maximum Gasteiger partial charge on any atom is 0.260 e. The second-order valence-electron chi connectivity index (χ2n) is 5.28. The highest BCUT2D eigenvalue weighted by molar-refractivity contribution is 5.85. The van der Waals surface area contributed by atoms with Crippen LogP contribution in [0.3, 0.4) is 0 Å². The first-order valence-corrected chi connectivity index (χ1v) is 6.08. The topological polar surface area (TPSA) is 64.3 Å². The van der Waals surface area contributed by atoms with E-state index >= 15 is 0 Å². The summed E-state index contributed by atoms with van der Waals surface area (Å²) >= 11 is 0. The summed E-state index contributed by atoms with van der Waals surface area (Å²) in [5.74, 6) is 0.532. The van der Waals surface area contributed by atoms with Gasteiger partial charge in [-0.2, -0.15) is 0 Å². The summed E-state index contributed by atoms with van der Waals surface area (Å²) < 4.78 is 5.54. The van der Waals surface area contributed by atoms with Crippen molar-refractivity contribution in [2.24, 2.45) is 5.73 Å². The molecular formula is C14H23ClN2O2. The van der Waals surface area contributed by atoms with Gasteiger partial charge in [0.05, 0.1) is 0 Å². The molecule has 1 atom stereocenters. The standard InChI is InChI=1S/C14H22N2O2.ClH/c1-10-5-7-12(8-6-10)18-11(2)13(17)16-9-14(3,4)15;/h5-8,11H,9,15H2,1-4H3,(H,16,17);1H. The Morgan fingerprint density at radius 3 is 2.37 bits per heavy atom. The Balaban J connectivity index is 0.00000324. The van der Waals surface area contributed by atoms with Crippen molar-refractivity contribution in [3.05, 3.63) is 29.8 Å². The molecule has 0 fully saturated rings. The fourth-order valence-electron chi connectivity index (χ4n) is 1.33. The van der Waals surface area contributed by atoms with E-state index in [0.29, 0.717) is 12.3 Å². The largest absolute Gasteiger partial charge is 0.481 e. The van der Waals surface area contributed by atoms with Crippen LogP contribution in [0.5, 0.6) is 5.75 Å². The molecule has 0 aromatic heterocycles. The minimum atomic E-state index is -0.532. The number of rotatable bonds is 5. The van der Waals surface area contributed by atoms with Crippen LogP contribution in [0.4, 0.5) is 0 Å². The van der Waals surface area contributed by atoms with E-state index in [1.165, 1.54) is 0 Å². The number of hydrogen-bond acceptors (Lipinski definition) is 3. The highest BCUT2D eigenvalue weighted by atomic mass is 35.5. The molecule has 0 saturated carbocycles. The molecule has 0 saturated heterocycles. The normalized spacial score (nSPS) is 12.3. The average Bonchev–Trinajstić information content (AvgIpc) is 2.28. The van der Waals surface area contributed by atoms with Gasteiger partial charge in [0.1, 0.15) is 5.75 Å². The molecule has 0 heterocycles. The van der Waals surface area contributed by atoms with E-state index < -0.39 is 11.6 Å².